The van der Waals surface area contributed by atoms with Crippen molar-refractivity contribution in [3.8, 4) is 0 Å². The molecule has 0 saturated heterocycles. The maximum atomic E-state index is 13.1. The van der Waals surface area contributed by atoms with Crippen molar-refractivity contribution in [3.05, 3.63) is 70.3 Å². The van der Waals surface area contributed by atoms with Gasteiger partial charge in [0.2, 0.25) is 0 Å². The number of halogens is 3. The molecule has 7 heteroatoms. The summed E-state index contributed by atoms with van der Waals surface area (Å²) >= 11 is 0. The van der Waals surface area contributed by atoms with E-state index in [1.807, 2.05) is 6.07 Å². The van der Waals surface area contributed by atoms with Gasteiger partial charge in [0.05, 0.1) is 5.56 Å². The Hall–Kier alpha value is -2.83. The van der Waals surface area contributed by atoms with Crippen LogP contribution in [0.4, 0.5) is 13.2 Å². The molecule has 2 aromatic carbocycles. The number of amides is 1. The summed E-state index contributed by atoms with van der Waals surface area (Å²) in [5.41, 5.74) is 0.812. The van der Waals surface area contributed by atoms with Crippen LogP contribution >= 0.6 is 0 Å². The second kappa shape index (κ2) is 7.59. The van der Waals surface area contributed by atoms with Crippen LogP contribution in [0, 0.1) is 13.8 Å². The third kappa shape index (κ3) is 4.84. The molecule has 4 nitrogen and oxygen atoms in total. The summed E-state index contributed by atoms with van der Waals surface area (Å²) in [4.78, 5) is 23.8. The molecule has 2 aromatic rings. The minimum Gasteiger partial charge on any atom is -0.480 e. The number of benzene rings is 2. The van der Waals surface area contributed by atoms with Crippen LogP contribution in [-0.2, 0) is 17.4 Å². The highest BCUT2D eigenvalue weighted by Gasteiger charge is 2.34. The predicted molar refractivity (Wildman–Crippen MR) is 90.0 cm³/mol. The summed E-state index contributed by atoms with van der Waals surface area (Å²) < 4.78 is 39.2. The molecule has 2 rings (SSSR count). The van der Waals surface area contributed by atoms with Gasteiger partial charge in [0.1, 0.15) is 6.04 Å². The fourth-order valence-corrected chi connectivity index (χ4v) is 2.74. The third-order valence-electron chi connectivity index (χ3n) is 3.83. The van der Waals surface area contributed by atoms with Crippen molar-refractivity contribution >= 4 is 11.9 Å². The van der Waals surface area contributed by atoms with Crippen LogP contribution < -0.4 is 5.32 Å². The second-order valence-corrected chi connectivity index (χ2v) is 6.10. The number of hydrogen-bond acceptors (Lipinski definition) is 2. The zero-order valence-corrected chi connectivity index (χ0v) is 14.2. The van der Waals surface area contributed by atoms with E-state index >= 15 is 0 Å². The van der Waals surface area contributed by atoms with Gasteiger partial charge < -0.3 is 10.4 Å². The van der Waals surface area contributed by atoms with E-state index in [1.165, 1.54) is 18.2 Å². The summed E-state index contributed by atoms with van der Waals surface area (Å²) in [7, 11) is 0. The zero-order chi connectivity index (χ0) is 19.5. The van der Waals surface area contributed by atoms with Crippen LogP contribution in [0.15, 0.2) is 42.5 Å². The molecule has 0 bridgehead atoms. The lowest BCUT2D eigenvalue weighted by Crippen LogP contribution is -2.42. The number of aryl methyl sites for hydroxylation is 2. The van der Waals surface area contributed by atoms with Crippen LogP contribution in [0.1, 0.15) is 32.6 Å². The van der Waals surface area contributed by atoms with Crippen molar-refractivity contribution in [1.82, 2.24) is 5.32 Å². The van der Waals surface area contributed by atoms with Crippen molar-refractivity contribution in [1.29, 1.82) is 0 Å². The van der Waals surface area contributed by atoms with Crippen LogP contribution in [0.3, 0.4) is 0 Å². The molecule has 138 valence electrons. The number of carboxylic acids is 1. The van der Waals surface area contributed by atoms with Crippen LogP contribution in [-0.4, -0.2) is 23.0 Å². The molecule has 0 aliphatic carbocycles. The molecule has 1 amide bonds. The van der Waals surface area contributed by atoms with E-state index in [0.29, 0.717) is 0 Å². The topological polar surface area (TPSA) is 66.4 Å². The number of nitrogens with one attached hydrogen (secondary N) is 1. The van der Waals surface area contributed by atoms with E-state index in [9.17, 15) is 27.9 Å². The molecule has 0 aliphatic rings. The highest BCUT2D eigenvalue weighted by molar-refractivity contribution is 5.97. The van der Waals surface area contributed by atoms with Gasteiger partial charge >= 0.3 is 12.1 Å². The molecule has 1 atom stereocenters. The lowest BCUT2D eigenvalue weighted by Gasteiger charge is -2.18. The number of carbonyl (C=O) groups excluding carboxylic acids is 1. The average molecular weight is 365 g/mol. The second-order valence-electron chi connectivity index (χ2n) is 6.10. The van der Waals surface area contributed by atoms with Crippen molar-refractivity contribution in [2.75, 3.05) is 0 Å². The Kier molecular flexibility index (Phi) is 5.69. The molecule has 0 unspecified atom stereocenters. The number of carbonyl (C=O) groups is 2. The molecule has 0 fully saturated rings. The van der Waals surface area contributed by atoms with Gasteiger partial charge in [-0.3, -0.25) is 4.79 Å². The van der Waals surface area contributed by atoms with Crippen molar-refractivity contribution in [2.45, 2.75) is 32.5 Å². The summed E-state index contributed by atoms with van der Waals surface area (Å²) in [6.07, 6.45) is -5.07. The molecule has 0 saturated carbocycles. The zero-order valence-electron chi connectivity index (χ0n) is 14.2. The Morgan fingerprint density at radius 2 is 1.65 bits per heavy atom. The SMILES string of the molecule is Cc1cc(C)cc(C(=O)N[C@H](Cc2ccccc2C(F)(F)F)C(=O)O)c1. The lowest BCUT2D eigenvalue weighted by molar-refractivity contribution is -0.141. The minimum atomic E-state index is -4.60. The highest BCUT2D eigenvalue weighted by atomic mass is 19.4. The molecule has 0 radical (unpaired) electrons. The van der Waals surface area contributed by atoms with Gasteiger partial charge in [-0.25, -0.2) is 4.79 Å². The quantitative estimate of drug-likeness (QED) is 0.848. The van der Waals surface area contributed by atoms with Gasteiger partial charge in [-0.15, -0.1) is 0 Å². The van der Waals surface area contributed by atoms with Gasteiger partial charge in [0.15, 0.2) is 0 Å². The monoisotopic (exact) mass is 365 g/mol. The first-order valence-corrected chi connectivity index (χ1v) is 7.85. The van der Waals surface area contributed by atoms with Gasteiger partial charge in [-0.05, 0) is 37.6 Å². The molecule has 26 heavy (non-hydrogen) atoms. The Morgan fingerprint density at radius 1 is 1.08 bits per heavy atom. The molecular weight excluding hydrogens is 347 g/mol. The average Bonchev–Trinajstić information content (AvgIpc) is 2.52. The van der Waals surface area contributed by atoms with Crippen molar-refractivity contribution in [2.24, 2.45) is 0 Å². The van der Waals surface area contributed by atoms with Crippen LogP contribution in [0.5, 0.6) is 0 Å². The summed E-state index contributed by atoms with van der Waals surface area (Å²) in [5.74, 6) is -2.05. The van der Waals surface area contributed by atoms with E-state index in [1.54, 1.807) is 26.0 Å². The number of hydrogen-bond donors (Lipinski definition) is 2. The normalized spacial score (nSPS) is 12.5. The molecular formula is C19H18F3NO3. The smallest absolute Gasteiger partial charge is 0.416 e. The largest absolute Gasteiger partial charge is 0.480 e. The van der Waals surface area contributed by atoms with E-state index in [4.69, 9.17) is 0 Å². The predicted octanol–water partition coefficient (Wildman–Crippen LogP) is 3.75. The minimum absolute atomic E-state index is 0.187. The van der Waals surface area contributed by atoms with E-state index in [2.05, 4.69) is 5.32 Å². The first-order valence-electron chi connectivity index (χ1n) is 7.85. The van der Waals surface area contributed by atoms with Gasteiger partial charge in [-0.1, -0.05) is 35.4 Å². The summed E-state index contributed by atoms with van der Waals surface area (Å²) in [6.45, 7) is 3.58. The van der Waals surface area contributed by atoms with Crippen molar-refractivity contribution < 1.29 is 27.9 Å². The molecule has 0 heterocycles. The number of aliphatic carboxylic acids is 1. The summed E-state index contributed by atoms with van der Waals surface area (Å²) in [5, 5.41) is 11.6. The molecule has 0 aromatic heterocycles. The van der Waals surface area contributed by atoms with Gasteiger partial charge in [0.25, 0.3) is 5.91 Å². The highest BCUT2D eigenvalue weighted by Crippen LogP contribution is 2.32. The summed E-state index contributed by atoms with van der Waals surface area (Å²) in [6, 6.07) is 8.28. The molecule has 0 aliphatic heterocycles. The number of rotatable bonds is 5. The Balaban J connectivity index is 2.26. The van der Waals surface area contributed by atoms with Gasteiger partial charge in [0, 0.05) is 12.0 Å². The maximum Gasteiger partial charge on any atom is 0.416 e. The fraction of sp³-hybridized carbons (Fsp3) is 0.263. The number of alkyl halides is 3. The first-order chi connectivity index (χ1) is 12.1. The first kappa shape index (κ1) is 19.5. The van der Waals surface area contributed by atoms with E-state index < -0.39 is 36.1 Å². The Morgan fingerprint density at radius 3 is 2.19 bits per heavy atom. The molecule has 2 N–H and O–H groups in total. The van der Waals surface area contributed by atoms with Crippen LogP contribution in [0.2, 0.25) is 0 Å². The third-order valence-corrected chi connectivity index (χ3v) is 3.83. The standard InChI is InChI=1S/C19H18F3NO3/c1-11-7-12(2)9-14(8-11)17(24)23-16(18(25)26)10-13-5-3-4-6-15(13)19(20,21)22/h3-9,16H,10H2,1-2H3,(H,23,24)(H,25,26)/t16-/m1/s1. The van der Waals surface area contributed by atoms with E-state index in [0.717, 1.165) is 17.2 Å². The lowest BCUT2D eigenvalue weighted by atomic mass is 9.99. The number of carboxylic acid groups (broad SMARTS) is 1. The van der Waals surface area contributed by atoms with E-state index in [-0.39, 0.29) is 11.1 Å². The maximum absolute atomic E-state index is 13.1. The molecule has 0 spiro atoms. The van der Waals surface area contributed by atoms with Crippen LogP contribution in [0.25, 0.3) is 0 Å². The van der Waals surface area contributed by atoms with Gasteiger partial charge in [-0.2, -0.15) is 13.2 Å². The Bertz CT molecular complexity index is 811. The Labute approximate surface area is 148 Å². The fourth-order valence-electron chi connectivity index (χ4n) is 2.74. The van der Waals surface area contributed by atoms with Crippen molar-refractivity contribution in [3.63, 3.8) is 0 Å².